The fraction of sp³-hybridized carbons (Fsp3) is 0.364. The zero-order valence-electron chi connectivity index (χ0n) is 26.8. The van der Waals surface area contributed by atoms with Gasteiger partial charge in [-0.1, -0.05) is 51.9 Å². The Bertz CT molecular complexity index is 2000. The Kier molecular flexibility index (Phi) is 7.99. The lowest BCUT2D eigenvalue weighted by Crippen LogP contribution is -2.63. The molecule has 5 heterocycles. The SMILES string of the molecule is C=CC(=O)N1CC2C(=O)N(C)c3c(Cl)c(-c4c(O)cccc4F)nc4c3c(nc(=O)n4-c3c(C(C)C)ncnc3C(C)C)N2CC1C. The summed E-state index contributed by atoms with van der Waals surface area (Å²) in [5.74, 6) is -2.20. The van der Waals surface area contributed by atoms with E-state index in [1.54, 1.807) is 9.80 Å². The van der Waals surface area contributed by atoms with Crippen LogP contribution in [0.5, 0.6) is 5.75 Å². The fourth-order valence-electron chi connectivity index (χ4n) is 6.49. The molecule has 1 fully saturated rings. The third kappa shape index (κ3) is 4.91. The van der Waals surface area contributed by atoms with E-state index in [9.17, 15) is 19.5 Å². The van der Waals surface area contributed by atoms with E-state index in [1.807, 2.05) is 34.6 Å². The van der Waals surface area contributed by atoms with E-state index in [1.165, 1.54) is 41.1 Å². The maximum Gasteiger partial charge on any atom is 0.355 e. The van der Waals surface area contributed by atoms with Crippen molar-refractivity contribution in [2.24, 2.45) is 0 Å². The van der Waals surface area contributed by atoms with Gasteiger partial charge in [-0.2, -0.15) is 4.98 Å². The molecule has 2 atom stereocenters. The number of carbonyl (C=O) groups excluding carboxylic acids is 2. The van der Waals surface area contributed by atoms with Crippen LogP contribution in [0.3, 0.4) is 0 Å². The molecule has 2 amide bonds. The highest BCUT2D eigenvalue weighted by molar-refractivity contribution is 6.39. The number of phenolic OH excluding ortho intramolecular Hbond substituents is 1. The molecule has 1 saturated heterocycles. The van der Waals surface area contributed by atoms with E-state index in [4.69, 9.17) is 16.6 Å². The van der Waals surface area contributed by atoms with E-state index in [2.05, 4.69) is 21.5 Å². The number of halogens is 2. The minimum atomic E-state index is -0.947. The van der Waals surface area contributed by atoms with Crippen LogP contribution in [-0.2, 0) is 9.59 Å². The molecule has 6 rings (SSSR count). The Hall–Kier alpha value is -4.91. The van der Waals surface area contributed by atoms with Crippen LogP contribution in [0.1, 0.15) is 57.8 Å². The van der Waals surface area contributed by atoms with Crippen LogP contribution in [-0.4, -0.2) is 78.5 Å². The zero-order valence-corrected chi connectivity index (χ0v) is 27.6. The summed E-state index contributed by atoms with van der Waals surface area (Å²) in [4.78, 5) is 64.5. The highest BCUT2D eigenvalue weighted by Crippen LogP contribution is 2.47. The van der Waals surface area contributed by atoms with Crippen molar-refractivity contribution in [2.75, 3.05) is 29.9 Å². The van der Waals surface area contributed by atoms with Crippen LogP contribution in [0.2, 0.25) is 5.02 Å². The van der Waals surface area contributed by atoms with Crippen LogP contribution < -0.4 is 15.5 Å². The molecule has 4 aromatic rings. The molecule has 2 aliphatic heterocycles. The van der Waals surface area contributed by atoms with Gasteiger partial charge in [-0.3, -0.25) is 9.59 Å². The number of benzene rings is 1. The molecule has 244 valence electrons. The Morgan fingerprint density at radius 1 is 1.09 bits per heavy atom. The first-order valence-corrected chi connectivity index (χ1v) is 15.6. The molecule has 14 heteroatoms. The number of anilines is 2. The quantitative estimate of drug-likeness (QED) is 0.306. The first-order chi connectivity index (χ1) is 22.3. The van der Waals surface area contributed by atoms with Crippen molar-refractivity contribution in [2.45, 2.75) is 58.5 Å². The van der Waals surface area contributed by atoms with E-state index in [-0.39, 0.29) is 75.7 Å². The molecule has 3 aromatic heterocycles. The van der Waals surface area contributed by atoms with Crippen LogP contribution >= 0.6 is 11.6 Å². The van der Waals surface area contributed by atoms with Gasteiger partial charge in [-0.25, -0.2) is 28.7 Å². The average molecular weight is 661 g/mol. The van der Waals surface area contributed by atoms with Crippen molar-refractivity contribution >= 4 is 46.0 Å². The maximum atomic E-state index is 15.5. The second-order valence-corrected chi connectivity index (χ2v) is 12.8. The molecule has 12 nitrogen and oxygen atoms in total. The topological polar surface area (TPSA) is 138 Å². The van der Waals surface area contributed by atoms with E-state index < -0.39 is 29.2 Å². The first-order valence-electron chi connectivity index (χ1n) is 15.2. The van der Waals surface area contributed by atoms with Gasteiger partial charge in [0.1, 0.15) is 35.4 Å². The summed E-state index contributed by atoms with van der Waals surface area (Å²) in [6, 6.07) is 2.46. The number of nitrogens with zero attached hydrogens (tertiary/aromatic N) is 8. The van der Waals surface area contributed by atoms with Crippen LogP contribution in [0, 0.1) is 5.82 Å². The van der Waals surface area contributed by atoms with Crippen molar-refractivity contribution < 1.29 is 19.1 Å². The molecule has 1 N–H and O–H groups in total. The molecule has 0 saturated carbocycles. The van der Waals surface area contributed by atoms with Gasteiger partial charge in [-0.05, 0) is 37.0 Å². The average Bonchev–Trinajstić information content (AvgIpc) is 3.11. The Balaban J connectivity index is 1.81. The number of phenols is 1. The minimum Gasteiger partial charge on any atom is -0.507 e. The number of amides is 2. The highest BCUT2D eigenvalue weighted by Gasteiger charge is 2.45. The number of likely N-dealkylation sites (N-methyl/N-ethyl adjacent to an activating group) is 1. The van der Waals surface area contributed by atoms with E-state index in [0.717, 1.165) is 6.07 Å². The monoisotopic (exact) mass is 660 g/mol. The first kappa shape index (κ1) is 32.0. The molecule has 47 heavy (non-hydrogen) atoms. The summed E-state index contributed by atoms with van der Waals surface area (Å²) in [6.45, 7) is 13.3. The predicted molar refractivity (Wildman–Crippen MR) is 177 cm³/mol. The molecule has 0 bridgehead atoms. The van der Waals surface area contributed by atoms with Crippen molar-refractivity contribution in [3.63, 3.8) is 0 Å². The summed E-state index contributed by atoms with van der Waals surface area (Å²) >= 11 is 7.06. The molecule has 1 aromatic carbocycles. The largest absolute Gasteiger partial charge is 0.507 e. The molecule has 0 radical (unpaired) electrons. The van der Waals surface area contributed by atoms with Gasteiger partial charge in [0.25, 0.3) is 5.91 Å². The number of hydrogen-bond acceptors (Lipinski definition) is 9. The molecule has 0 aliphatic carbocycles. The number of aromatic hydroxyl groups is 1. The Morgan fingerprint density at radius 2 is 1.74 bits per heavy atom. The molecular formula is C33H34ClFN8O4. The van der Waals surface area contributed by atoms with Gasteiger partial charge in [0.15, 0.2) is 5.65 Å². The Morgan fingerprint density at radius 3 is 2.34 bits per heavy atom. The number of rotatable bonds is 5. The zero-order chi connectivity index (χ0) is 34.1. The number of aromatic nitrogens is 5. The van der Waals surface area contributed by atoms with Crippen molar-refractivity contribution in [3.8, 4) is 22.7 Å². The second-order valence-electron chi connectivity index (χ2n) is 12.4. The summed E-state index contributed by atoms with van der Waals surface area (Å²) < 4.78 is 16.8. The fourth-order valence-corrected chi connectivity index (χ4v) is 6.85. The molecular weight excluding hydrogens is 627 g/mol. The summed E-state index contributed by atoms with van der Waals surface area (Å²) in [6.07, 6.45) is 2.64. The lowest BCUT2D eigenvalue weighted by atomic mass is 10.0. The van der Waals surface area contributed by atoms with Gasteiger partial charge in [0, 0.05) is 19.6 Å². The number of fused-ring (bicyclic) bond motifs is 2. The van der Waals surface area contributed by atoms with E-state index >= 15 is 4.39 Å². The van der Waals surface area contributed by atoms with Crippen LogP contribution in [0.4, 0.5) is 15.9 Å². The number of carbonyl (C=O) groups is 2. The minimum absolute atomic E-state index is 0.0109. The van der Waals surface area contributed by atoms with Gasteiger partial charge in [0.2, 0.25) is 5.91 Å². The number of pyridine rings is 1. The maximum absolute atomic E-state index is 15.5. The van der Waals surface area contributed by atoms with Crippen LogP contribution in [0.15, 0.2) is 42.0 Å². The standard InChI is InChI=1S/C33H34ClFN8O4/c1-8-21(45)41-13-19-32(46)40(7)28-23-30(42(19)12-17(41)6)39-33(47)43(29-25(15(2)3)36-14-37-26(29)16(4)5)31(23)38-27(24(28)34)22-18(35)10-9-11-20(22)44/h8-11,14-17,19,44H,1,12-13H2,2-7H3. The number of piperazine rings is 1. The number of hydrogen-bond donors (Lipinski definition) is 1. The van der Waals surface area contributed by atoms with Gasteiger partial charge in [-0.15, -0.1) is 0 Å². The third-order valence-electron chi connectivity index (χ3n) is 8.77. The highest BCUT2D eigenvalue weighted by atomic mass is 35.5. The molecule has 2 aliphatic rings. The van der Waals surface area contributed by atoms with Crippen LogP contribution in [0.25, 0.3) is 28.0 Å². The smallest absolute Gasteiger partial charge is 0.355 e. The lowest BCUT2D eigenvalue weighted by molar-refractivity contribution is -0.130. The van der Waals surface area contributed by atoms with Gasteiger partial charge >= 0.3 is 5.69 Å². The predicted octanol–water partition coefficient (Wildman–Crippen LogP) is 4.55. The van der Waals surface area contributed by atoms with Crippen molar-refractivity contribution in [3.05, 3.63) is 69.9 Å². The van der Waals surface area contributed by atoms with Gasteiger partial charge < -0.3 is 19.8 Å². The normalized spacial score (nSPS) is 17.8. The van der Waals surface area contributed by atoms with E-state index in [0.29, 0.717) is 17.1 Å². The second kappa shape index (κ2) is 11.7. The molecule has 2 unspecified atom stereocenters. The summed E-state index contributed by atoms with van der Waals surface area (Å²) in [7, 11) is 1.51. The summed E-state index contributed by atoms with van der Waals surface area (Å²) in [5.41, 5.74) is 0.404. The van der Waals surface area contributed by atoms with Gasteiger partial charge in [0.05, 0.1) is 45.3 Å². The molecule has 0 spiro atoms. The van der Waals surface area contributed by atoms with Crippen molar-refractivity contribution in [1.82, 2.24) is 29.4 Å². The van der Waals surface area contributed by atoms with Crippen molar-refractivity contribution in [1.29, 1.82) is 0 Å². The third-order valence-corrected chi connectivity index (χ3v) is 9.12. The lowest BCUT2D eigenvalue weighted by Gasteiger charge is -2.44. The summed E-state index contributed by atoms with van der Waals surface area (Å²) in [5, 5.41) is 11.0. The Labute approximate surface area is 275 Å².